The Labute approximate surface area is 592 Å². The lowest BCUT2D eigenvalue weighted by molar-refractivity contribution is -0.433. The van der Waals surface area contributed by atoms with E-state index < -0.39 is 170 Å². The number of phenolic OH excluding ortho intramolecular Hbond substituents is 1. The number of aromatic hydroxyl groups is 1. The first-order valence-electron chi connectivity index (χ1n) is 33.3. The number of hydrogen-bond acceptors (Lipinski definition) is 27. The average Bonchev–Trinajstić information content (AvgIpc) is 1.69. The third kappa shape index (κ3) is 23.8. The zero-order chi connectivity index (χ0) is 73.5. The molecule has 3 saturated heterocycles. The molecule has 3 aliphatic heterocycles. The fourth-order valence-electron chi connectivity index (χ4n) is 11.6. The molecule has 0 aliphatic carbocycles. The van der Waals surface area contributed by atoms with Crippen LogP contribution in [-0.2, 0) is 54.0 Å². The molecule has 3 aliphatic rings. The summed E-state index contributed by atoms with van der Waals surface area (Å²) in [6.07, 6.45) is -7.49. The summed E-state index contributed by atoms with van der Waals surface area (Å²) >= 11 is 1.37. The summed E-state index contributed by atoms with van der Waals surface area (Å²) in [6, 6.07) is 5.81. The number of phenols is 1. The van der Waals surface area contributed by atoms with Crippen LogP contribution < -0.4 is 46.1 Å². The molecule has 101 heavy (non-hydrogen) atoms. The Morgan fingerprint density at radius 2 is 1.38 bits per heavy atom. The summed E-state index contributed by atoms with van der Waals surface area (Å²) in [6.45, 7) is 7.91. The van der Waals surface area contributed by atoms with Gasteiger partial charge >= 0.3 is 6.09 Å². The van der Waals surface area contributed by atoms with Crippen molar-refractivity contribution in [1.82, 2.24) is 57.2 Å². The van der Waals surface area contributed by atoms with Crippen molar-refractivity contribution in [2.24, 2.45) is 5.92 Å². The van der Waals surface area contributed by atoms with Crippen molar-refractivity contribution in [3.05, 3.63) is 77.9 Å². The highest BCUT2D eigenvalue weighted by atomic mass is 32.2. The van der Waals surface area contributed by atoms with E-state index >= 15 is 4.79 Å². The minimum absolute atomic E-state index is 0.0110. The summed E-state index contributed by atoms with van der Waals surface area (Å²) in [7, 11) is 1.70. The molecule has 3 fully saturated rings. The van der Waals surface area contributed by atoms with Gasteiger partial charge in [0.2, 0.25) is 35.4 Å². The Morgan fingerprint density at radius 1 is 0.733 bits per heavy atom. The molecule has 556 valence electrons. The third-order valence-corrected chi connectivity index (χ3v) is 18.3. The zero-order valence-electron chi connectivity index (χ0n) is 57.0. The highest BCUT2D eigenvalue weighted by Crippen LogP contribution is 2.34. The molecule has 0 saturated carbocycles. The molecule has 0 unspecified atom stereocenters. The van der Waals surface area contributed by atoms with Gasteiger partial charge < -0.3 is 101 Å². The van der Waals surface area contributed by atoms with Gasteiger partial charge in [-0.05, 0) is 121 Å². The Bertz CT molecular complexity index is 3390. The van der Waals surface area contributed by atoms with Gasteiger partial charge in [-0.15, -0.1) is 10.2 Å². The SMILES string of the molecule is COCCCCCCCOc1ccc(-c2nnc(-c3ccc(C(=O)N[C@H]4C[C@H](O)CNC(=O)[C@@H]5[C@@H](O)[C@H](C)CN5C(=O)[C@H]([C@H](O)CCNCCCNC(=O)OC(C)(C)C)NC(=O)[C@H]([C@H](O)Cc5ccc(O)c(OSOOO)c5)NC(=O)[C@@H]5C[C@H](O)CN5C(=O)[C@H]([C@H](C)O)NC4=O)cc3)s2)cc1. The maximum Gasteiger partial charge on any atom is 0.407 e. The van der Waals surface area contributed by atoms with Crippen LogP contribution in [0.5, 0.6) is 17.2 Å². The molecule has 0 radical (unpaired) electrons. The summed E-state index contributed by atoms with van der Waals surface area (Å²) in [5, 5.41) is 120. The Morgan fingerprint density at radius 3 is 2.04 bits per heavy atom. The highest BCUT2D eigenvalue weighted by Gasteiger charge is 2.50. The number of hydrogen-bond donors (Lipinski definition) is 15. The van der Waals surface area contributed by atoms with E-state index in [1.807, 2.05) is 24.3 Å². The summed E-state index contributed by atoms with van der Waals surface area (Å²) in [5.74, 6) is -8.77. The van der Waals surface area contributed by atoms with Crippen molar-refractivity contribution in [1.29, 1.82) is 0 Å². The van der Waals surface area contributed by atoms with Crippen LogP contribution in [0.3, 0.4) is 0 Å². The smallest absolute Gasteiger partial charge is 0.407 e. The molecule has 35 heteroatoms. The molecule has 1 aromatic heterocycles. The van der Waals surface area contributed by atoms with E-state index in [9.17, 15) is 69.3 Å². The molecule has 33 nitrogen and oxygen atoms in total. The number of nitrogens with one attached hydrogen (secondary N) is 7. The predicted molar refractivity (Wildman–Crippen MR) is 364 cm³/mol. The fraction of sp³-hybridized carbons (Fsp3) is 0.576. The number of rotatable bonds is 29. The van der Waals surface area contributed by atoms with E-state index in [-0.39, 0.29) is 61.8 Å². The van der Waals surface area contributed by atoms with Crippen LogP contribution >= 0.6 is 23.7 Å². The zero-order valence-corrected chi connectivity index (χ0v) is 58.6. The second kappa shape index (κ2) is 38.9. The van der Waals surface area contributed by atoms with Crippen LogP contribution in [-0.4, -0.2) is 247 Å². The van der Waals surface area contributed by atoms with Crippen molar-refractivity contribution in [3.63, 3.8) is 0 Å². The lowest BCUT2D eigenvalue weighted by atomic mass is 9.98. The lowest BCUT2D eigenvalue weighted by Gasteiger charge is -2.34. The van der Waals surface area contributed by atoms with Crippen LogP contribution in [0.15, 0.2) is 66.7 Å². The maximum atomic E-state index is 15.1. The number of β-amino-alcohol motifs (C(OH)–C–C–N with tert-alkyl or cyclic N) is 1. The second-order valence-corrected chi connectivity index (χ2v) is 27.5. The number of fused-ring (bicyclic) bond motifs is 2. The Balaban J connectivity index is 1.15. The number of ether oxygens (including phenoxy) is 3. The van der Waals surface area contributed by atoms with Gasteiger partial charge in [0, 0.05) is 81.8 Å². The number of aliphatic hydroxyl groups excluding tert-OH is 6. The molecular weight excluding hydrogens is 1360 g/mol. The van der Waals surface area contributed by atoms with Crippen molar-refractivity contribution >= 4 is 71.1 Å². The number of amides is 8. The largest absolute Gasteiger partial charge is 0.504 e. The van der Waals surface area contributed by atoms with Gasteiger partial charge in [0.25, 0.3) is 18.2 Å². The monoisotopic (exact) mass is 1460 g/mol. The molecule has 4 aromatic rings. The van der Waals surface area contributed by atoms with Crippen LogP contribution in [0.2, 0.25) is 0 Å². The highest BCUT2D eigenvalue weighted by molar-refractivity contribution is 7.90. The molecule has 13 atom stereocenters. The molecule has 0 bridgehead atoms. The Kier molecular flexibility index (Phi) is 31.0. The number of carbonyl (C=O) groups is 8. The number of alkyl carbamates (subject to hydrolysis) is 1. The van der Waals surface area contributed by atoms with Crippen molar-refractivity contribution in [3.8, 4) is 38.4 Å². The van der Waals surface area contributed by atoms with Gasteiger partial charge in [0.15, 0.2) is 11.5 Å². The van der Waals surface area contributed by atoms with Crippen LogP contribution in [0.4, 0.5) is 4.79 Å². The van der Waals surface area contributed by atoms with Crippen LogP contribution in [0.1, 0.15) is 108 Å². The molecule has 3 aromatic carbocycles. The normalized spacial score (nSPS) is 23.6. The van der Waals surface area contributed by atoms with Gasteiger partial charge in [0.1, 0.15) is 57.6 Å². The van der Waals surface area contributed by atoms with Crippen LogP contribution in [0.25, 0.3) is 21.1 Å². The molecule has 7 rings (SSSR count). The second-order valence-electron chi connectivity index (χ2n) is 26.0. The van der Waals surface area contributed by atoms with Crippen molar-refractivity contribution in [2.75, 3.05) is 59.6 Å². The number of unbranched alkanes of at least 4 members (excludes halogenated alkanes) is 4. The molecular formula is C66H93N11O22S2. The first-order chi connectivity index (χ1) is 48.2. The lowest BCUT2D eigenvalue weighted by Crippen LogP contribution is -2.64. The van der Waals surface area contributed by atoms with Gasteiger partial charge in [0.05, 0.1) is 43.2 Å². The van der Waals surface area contributed by atoms with Gasteiger partial charge in [-0.2, -0.15) is 0 Å². The minimum Gasteiger partial charge on any atom is -0.504 e. The molecule has 8 amide bonds. The third-order valence-electron chi connectivity index (χ3n) is 16.9. The fourth-order valence-corrected chi connectivity index (χ4v) is 12.7. The summed E-state index contributed by atoms with van der Waals surface area (Å²) < 4.78 is 25.7. The number of methoxy groups -OCH3 is 1. The van der Waals surface area contributed by atoms with E-state index in [1.54, 1.807) is 40.0 Å². The molecule has 15 N–H and O–H groups in total. The summed E-state index contributed by atoms with van der Waals surface area (Å²) in [5.41, 5.74) is 0.763. The first-order valence-corrected chi connectivity index (χ1v) is 34.8. The molecule has 4 heterocycles. The molecule has 0 spiro atoms. The number of nitrogens with zero attached hydrogens (tertiary/aromatic N) is 4. The number of aliphatic hydroxyl groups is 6. The van der Waals surface area contributed by atoms with E-state index in [1.165, 1.54) is 42.5 Å². The van der Waals surface area contributed by atoms with Crippen molar-refractivity contribution < 1.29 is 107 Å². The minimum atomic E-state index is -2.14. The van der Waals surface area contributed by atoms with E-state index in [4.69, 9.17) is 23.7 Å². The van der Waals surface area contributed by atoms with Gasteiger partial charge in [-0.25, -0.2) is 10.1 Å². The number of aromatic nitrogens is 2. The van der Waals surface area contributed by atoms with E-state index in [0.717, 1.165) is 67.1 Å². The quantitative estimate of drug-likeness (QED) is 0.0154. The first kappa shape index (κ1) is 80.4. The van der Waals surface area contributed by atoms with Gasteiger partial charge in [-0.3, -0.25) is 33.6 Å². The number of benzene rings is 3. The van der Waals surface area contributed by atoms with E-state index in [0.29, 0.717) is 34.4 Å². The maximum absolute atomic E-state index is 15.1. The average molecular weight is 1460 g/mol. The summed E-state index contributed by atoms with van der Waals surface area (Å²) in [4.78, 5) is 117. The van der Waals surface area contributed by atoms with Crippen molar-refractivity contribution in [2.45, 2.75) is 177 Å². The topological polar surface area (TPSA) is 470 Å². The van der Waals surface area contributed by atoms with Crippen LogP contribution in [0, 0.1) is 5.92 Å². The predicted octanol–water partition coefficient (Wildman–Crippen LogP) is 0.760. The van der Waals surface area contributed by atoms with E-state index in [2.05, 4.69) is 56.8 Å². The Hall–Kier alpha value is -7.91. The standard InChI is InChI=1S/C66H93N11O22S2/c1-36-34-77-54(55(36)84)60(89)69-33-42(79)31-45(70-56(85)39-14-16-40(17-15-39)61-74-75-62(100-61)41-18-20-44(21-19-41)95-28-11-9-7-8-10-27-94-6)57(86)71-51(37(2)78)63(90)76-35-43(80)32-46(76)58(87)72-52(49(83)29-38-13-22-47(81)50(30-38)97-101-99-98-93)59(88)73-53(64(77)91)48(82)23-26-67-24-12-25-68-65(92)96-66(3,4)5/h13-22,30,36-37,42-43,45-46,48-49,51-55,67,78-84,93H,7-12,23-29,31-35H2,1-6H3,(H,68,92)(H,69,89)(H,70,85)(H,71,86)(H,72,87)(H,73,88)/t36-,37+,42+,43+,45+,46+,48-,49-,51+,52+,53+,54+,55+/m1/s1. The van der Waals surface area contributed by atoms with Gasteiger partial charge in [-0.1, -0.05) is 65.1 Å². The number of carbonyl (C=O) groups excluding carboxylic acids is 8.